The zero-order valence-electron chi connectivity index (χ0n) is 11.7. The maximum atomic E-state index is 12.2. The van der Waals surface area contributed by atoms with Gasteiger partial charge in [-0.2, -0.15) is 0 Å². The zero-order chi connectivity index (χ0) is 14.0. The van der Waals surface area contributed by atoms with Gasteiger partial charge in [0.1, 0.15) is 6.54 Å². The van der Waals surface area contributed by atoms with Gasteiger partial charge in [0.2, 0.25) is 11.9 Å². The van der Waals surface area contributed by atoms with E-state index in [0.29, 0.717) is 19.0 Å². The molecule has 0 saturated heterocycles. The number of aromatic nitrogens is 2. The van der Waals surface area contributed by atoms with Gasteiger partial charge < -0.3 is 15.2 Å². The van der Waals surface area contributed by atoms with Gasteiger partial charge >= 0.3 is 0 Å². The first-order valence-corrected chi connectivity index (χ1v) is 6.57. The molecule has 5 heteroatoms. The highest BCUT2D eigenvalue weighted by Crippen LogP contribution is 2.19. The van der Waals surface area contributed by atoms with Gasteiger partial charge in [-0.25, -0.2) is 4.98 Å². The van der Waals surface area contributed by atoms with Crippen LogP contribution in [0.25, 0.3) is 11.0 Å². The lowest BCUT2D eigenvalue weighted by Gasteiger charge is -2.19. The summed E-state index contributed by atoms with van der Waals surface area (Å²) in [6.45, 7) is 7.62. The molecule has 5 nitrogen and oxygen atoms in total. The van der Waals surface area contributed by atoms with E-state index >= 15 is 0 Å². The van der Waals surface area contributed by atoms with Crippen molar-refractivity contribution in [2.45, 2.75) is 27.3 Å². The van der Waals surface area contributed by atoms with Crippen molar-refractivity contribution in [1.29, 1.82) is 0 Å². The SMILES string of the molecule is CCN(CC)C(=O)Cn1c(N)nc2ccc(C)cc21. The van der Waals surface area contributed by atoms with E-state index in [1.165, 1.54) is 0 Å². The number of fused-ring (bicyclic) bond motifs is 1. The third kappa shape index (κ3) is 2.54. The average Bonchev–Trinajstić information content (AvgIpc) is 2.67. The number of amides is 1. The molecule has 0 unspecified atom stereocenters. The lowest BCUT2D eigenvalue weighted by Crippen LogP contribution is -2.33. The van der Waals surface area contributed by atoms with Gasteiger partial charge in [-0.1, -0.05) is 6.07 Å². The number of nitrogens with two attached hydrogens (primary N) is 1. The number of anilines is 1. The monoisotopic (exact) mass is 260 g/mol. The van der Waals surface area contributed by atoms with E-state index in [0.717, 1.165) is 16.6 Å². The number of rotatable bonds is 4. The Morgan fingerprint density at radius 2 is 2.05 bits per heavy atom. The summed E-state index contributed by atoms with van der Waals surface area (Å²) in [5.41, 5.74) is 8.79. The van der Waals surface area contributed by atoms with Crippen LogP contribution in [0.4, 0.5) is 5.95 Å². The number of aryl methyl sites for hydroxylation is 1. The molecule has 102 valence electrons. The third-order valence-electron chi connectivity index (χ3n) is 3.34. The third-order valence-corrected chi connectivity index (χ3v) is 3.34. The number of carbonyl (C=O) groups excluding carboxylic acids is 1. The summed E-state index contributed by atoms with van der Waals surface area (Å²) in [5, 5.41) is 0. The van der Waals surface area contributed by atoms with Crippen LogP contribution in [0.3, 0.4) is 0 Å². The standard InChI is InChI=1S/C14H20N4O/c1-4-17(5-2)13(19)9-18-12-8-10(3)6-7-11(12)16-14(18)15/h6-8H,4-5,9H2,1-3H3,(H2,15,16). The summed E-state index contributed by atoms with van der Waals surface area (Å²) >= 11 is 0. The second kappa shape index (κ2) is 5.30. The van der Waals surface area contributed by atoms with Gasteiger partial charge in [0.05, 0.1) is 11.0 Å². The van der Waals surface area contributed by atoms with Crippen molar-refractivity contribution in [3.8, 4) is 0 Å². The molecule has 0 fully saturated rings. The highest BCUT2D eigenvalue weighted by molar-refractivity contribution is 5.83. The Morgan fingerprint density at radius 1 is 1.37 bits per heavy atom. The first kappa shape index (κ1) is 13.4. The van der Waals surface area contributed by atoms with Gasteiger partial charge in [0.25, 0.3) is 0 Å². The normalized spacial score (nSPS) is 10.9. The van der Waals surface area contributed by atoms with Gasteiger partial charge in [-0.05, 0) is 38.5 Å². The molecule has 2 rings (SSSR count). The summed E-state index contributed by atoms with van der Waals surface area (Å²) < 4.78 is 1.78. The van der Waals surface area contributed by atoms with Crippen molar-refractivity contribution in [1.82, 2.24) is 14.5 Å². The van der Waals surface area contributed by atoms with E-state index in [4.69, 9.17) is 5.73 Å². The summed E-state index contributed by atoms with van der Waals surface area (Å²) in [5.74, 6) is 0.457. The summed E-state index contributed by atoms with van der Waals surface area (Å²) in [6, 6.07) is 5.93. The van der Waals surface area contributed by atoms with Crippen molar-refractivity contribution in [2.75, 3.05) is 18.8 Å². The largest absolute Gasteiger partial charge is 0.369 e. The molecular formula is C14H20N4O. The van der Waals surface area contributed by atoms with Crippen LogP contribution in [0.5, 0.6) is 0 Å². The number of hydrogen-bond donors (Lipinski definition) is 1. The minimum atomic E-state index is 0.0671. The fraction of sp³-hybridized carbons (Fsp3) is 0.429. The Kier molecular flexibility index (Phi) is 3.74. The van der Waals surface area contributed by atoms with E-state index in [9.17, 15) is 4.79 Å². The highest BCUT2D eigenvalue weighted by atomic mass is 16.2. The van der Waals surface area contributed by atoms with Crippen LogP contribution in [0.2, 0.25) is 0 Å². The van der Waals surface area contributed by atoms with Gasteiger partial charge in [-0.3, -0.25) is 4.79 Å². The van der Waals surface area contributed by atoms with Gasteiger partial charge in [-0.15, -0.1) is 0 Å². The quantitative estimate of drug-likeness (QED) is 0.911. The summed E-state index contributed by atoms with van der Waals surface area (Å²) in [7, 11) is 0. The number of hydrogen-bond acceptors (Lipinski definition) is 3. The minimum absolute atomic E-state index is 0.0671. The smallest absolute Gasteiger partial charge is 0.242 e. The first-order valence-electron chi connectivity index (χ1n) is 6.57. The molecule has 0 spiro atoms. The molecule has 1 aromatic carbocycles. The summed E-state index contributed by atoms with van der Waals surface area (Å²) in [6.07, 6.45) is 0. The van der Waals surface area contributed by atoms with Crippen LogP contribution in [0, 0.1) is 6.92 Å². The van der Waals surface area contributed by atoms with Crippen LogP contribution in [0.15, 0.2) is 18.2 Å². The highest BCUT2D eigenvalue weighted by Gasteiger charge is 2.15. The van der Waals surface area contributed by atoms with E-state index in [2.05, 4.69) is 4.98 Å². The number of nitrogen functional groups attached to an aromatic ring is 1. The fourth-order valence-electron chi connectivity index (χ4n) is 2.23. The molecule has 19 heavy (non-hydrogen) atoms. The molecule has 0 atom stereocenters. The van der Waals surface area contributed by atoms with Crippen molar-refractivity contribution < 1.29 is 4.79 Å². The average molecular weight is 260 g/mol. The van der Waals surface area contributed by atoms with Crippen molar-refractivity contribution in [3.05, 3.63) is 23.8 Å². The van der Waals surface area contributed by atoms with Crippen LogP contribution < -0.4 is 5.73 Å². The molecule has 0 bridgehead atoms. The minimum Gasteiger partial charge on any atom is -0.369 e. The zero-order valence-corrected chi connectivity index (χ0v) is 11.7. The topological polar surface area (TPSA) is 64.2 Å². The molecule has 1 amide bonds. The number of nitrogens with zero attached hydrogens (tertiary/aromatic N) is 3. The molecule has 0 aliphatic carbocycles. The van der Waals surface area contributed by atoms with E-state index in [-0.39, 0.29) is 12.5 Å². The molecule has 2 aromatic rings. The molecule has 1 heterocycles. The fourth-order valence-corrected chi connectivity index (χ4v) is 2.23. The van der Waals surface area contributed by atoms with Crippen molar-refractivity contribution in [3.63, 3.8) is 0 Å². The Labute approximate surface area is 113 Å². The van der Waals surface area contributed by atoms with Crippen LogP contribution in [-0.4, -0.2) is 33.4 Å². The molecule has 0 aliphatic rings. The van der Waals surface area contributed by atoms with E-state index in [1.807, 2.05) is 39.0 Å². The number of likely N-dealkylation sites (N-methyl/N-ethyl adjacent to an activating group) is 1. The van der Waals surface area contributed by atoms with Crippen molar-refractivity contribution in [2.24, 2.45) is 0 Å². The second-order valence-corrected chi connectivity index (χ2v) is 4.61. The van der Waals surface area contributed by atoms with Gasteiger partial charge in [0, 0.05) is 13.1 Å². The predicted octanol–water partition coefficient (Wildman–Crippen LogP) is 1.80. The first-order chi connectivity index (χ1) is 9.06. The van der Waals surface area contributed by atoms with Crippen LogP contribution >= 0.6 is 0 Å². The second-order valence-electron chi connectivity index (χ2n) is 4.61. The number of imidazole rings is 1. The Morgan fingerprint density at radius 3 is 2.68 bits per heavy atom. The van der Waals surface area contributed by atoms with E-state index < -0.39 is 0 Å². The maximum absolute atomic E-state index is 12.2. The van der Waals surface area contributed by atoms with Crippen molar-refractivity contribution >= 4 is 22.9 Å². The Hall–Kier alpha value is -2.04. The van der Waals surface area contributed by atoms with Crippen LogP contribution in [0.1, 0.15) is 19.4 Å². The predicted molar refractivity (Wildman–Crippen MR) is 76.8 cm³/mol. The summed E-state index contributed by atoms with van der Waals surface area (Å²) in [4.78, 5) is 18.3. The molecule has 0 aliphatic heterocycles. The molecular weight excluding hydrogens is 240 g/mol. The Bertz CT molecular complexity index is 599. The molecule has 1 aromatic heterocycles. The van der Waals surface area contributed by atoms with E-state index in [1.54, 1.807) is 9.47 Å². The Balaban J connectivity index is 2.37. The molecule has 0 saturated carbocycles. The number of carbonyl (C=O) groups is 1. The number of benzene rings is 1. The molecule has 2 N–H and O–H groups in total. The maximum Gasteiger partial charge on any atom is 0.242 e. The lowest BCUT2D eigenvalue weighted by molar-refractivity contribution is -0.131. The lowest BCUT2D eigenvalue weighted by atomic mass is 10.2. The van der Waals surface area contributed by atoms with Gasteiger partial charge in [0.15, 0.2) is 0 Å². The molecule has 0 radical (unpaired) electrons. The van der Waals surface area contributed by atoms with Crippen LogP contribution in [-0.2, 0) is 11.3 Å².